The van der Waals surface area contributed by atoms with Gasteiger partial charge in [-0.2, -0.15) is 0 Å². The van der Waals surface area contributed by atoms with Crippen molar-refractivity contribution in [2.24, 2.45) is 5.92 Å². The number of hydrogen-bond acceptors (Lipinski definition) is 4. The maximum Gasteiger partial charge on any atom is 0.309 e. The monoisotopic (exact) mass is 334 g/mol. The molecule has 0 aromatic heterocycles. The number of hydrogen-bond donors (Lipinski definition) is 0. The van der Waals surface area contributed by atoms with Crippen molar-refractivity contribution >= 4 is 44.4 Å². The van der Waals surface area contributed by atoms with E-state index in [1.807, 2.05) is 6.92 Å². The van der Waals surface area contributed by atoms with Gasteiger partial charge in [0.2, 0.25) is 0 Å². The average Bonchev–Trinajstić information content (AvgIpc) is 2.31. The van der Waals surface area contributed by atoms with Crippen LogP contribution in [0.1, 0.15) is 13.3 Å². The first-order valence-corrected chi connectivity index (χ1v) is 9.64. The maximum absolute atomic E-state index is 11.1. The zero-order valence-electron chi connectivity index (χ0n) is 7.53. The first kappa shape index (κ1) is 12.0. The van der Waals surface area contributed by atoms with Crippen molar-refractivity contribution in [1.29, 1.82) is 0 Å². The number of rotatable bonds is 4. The Kier molecular flexibility index (Phi) is 5.30. The van der Waals surface area contributed by atoms with E-state index in [1.54, 1.807) is 7.11 Å². The molecule has 0 saturated carbocycles. The number of esters is 1. The van der Waals surface area contributed by atoms with Crippen molar-refractivity contribution in [3.05, 3.63) is 0 Å². The Morgan fingerprint density at radius 1 is 1.85 bits per heavy atom. The molecule has 3 atom stereocenters. The lowest BCUT2D eigenvalue weighted by Gasteiger charge is -2.11. The van der Waals surface area contributed by atoms with Crippen molar-refractivity contribution in [2.75, 3.05) is 13.3 Å². The topological polar surface area (TPSA) is 35.5 Å². The molecule has 1 aliphatic heterocycles. The molecule has 0 spiro atoms. The minimum absolute atomic E-state index is 0.0489. The van der Waals surface area contributed by atoms with Gasteiger partial charge in [0, 0.05) is 17.8 Å². The molecule has 6 heteroatoms. The summed E-state index contributed by atoms with van der Waals surface area (Å²) in [4.78, 5) is 11.1. The second kappa shape index (κ2) is 5.73. The van der Waals surface area contributed by atoms with Crippen LogP contribution in [0.4, 0.5) is 0 Å². The summed E-state index contributed by atoms with van der Waals surface area (Å²) in [5, 5.41) is 0. The van der Waals surface area contributed by atoms with E-state index in [0.29, 0.717) is 0 Å². The second-order valence-electron chi connectivity index (χ2n) is 2.94. The third-order valence-electron chi connectivity index (χ3n) is 1.80. The van der Waals surface area contributed by atoms with Gasteiger partial charge in [0.1, 0.15) is 6.10 Å². The molecule has 3 unspecified atom stereocenters. The van der Waals surface area contributed by atoms with Gasteiger partial charge in [-0.15, -0.1) is 0 Å². The molecule has 0 aliphatic carbocycles. The molecule has 0 bridgehead atoms. The van der Waals surface area contributed by atoms with Crippen molar-refractivity contribution in [3.63, 3.8) is 0 Å². The van der Waals surface area contributed by atoms with Gasteiger partial charge in [0.25, 0.3) is 0 Å². The number of cyclic esters (lactones) is 1. The minimum Gasteiger partial charge on any atom is -0.462 e. The van der Waals surface area contributed by atoms with Crippen molar-refractivity contribution in [1.82, 2.24) is 0 Å². The second-order valence-corrected chi connectivity index (χ2v) is 11.6. The van der Waals surface area contributed by atoms with Crippen LogP contribution in [-0.2, 0) is 13.7 Å². The van der Waals surface area contributed by atoms with Crippen LogP contribution in [-0.4, -0.2) is 25.3 Å². The Balaban J connectivity index is 2.27. The molecule has 1 saturated heterocycles. The van der Waals surface area contributed by atoms with Crippen LogP contribution in [0.3, 0.4) is 0 Å². The largest absolute Gasteiger partial charge is 0.462 e. The van der Waals surface area contributed by atoms with Crippen LogP contribution >= 0.6 is 38.5 Å². The molecule has 0 amide bonds. The highest BCUT2D eigenvalue weighted by Crippen LogP contribution is 2.58. The molecule has 3 nitrogen and oxygen atoms in total. The van der Waals surface area contributed by atoms with Gasteiger partial charge >= 0.3 is 5.97 Å². The van der Waals surface area contributed by atoms with Gasteiger partial charge < -0.3 is 8.92 Å². The molecule has 1 aliphatic rings. The Bertz CT molecular complexity index is 193. The lowest BCUT2D eigenvalue weighted by molar-refractivity contribution is -0.143. The van der Waals surface area contributed by atoms with E-state index in [0.717, 1.165) is 12.6 Å². The summed E-state index contributed by atoms with van der Waals surface area (Å²) in [7, 11) is 1.67. The molecular weight excluding hydrogens is 322 g/mol. The van der Waals surface area contributed by atoms with Gasteiger partial charge in [-0.05, 0) is 28.5 Å². The van der Waals surface area contributed by atoms with E-state index in [-0.39, 0.29) is 22.8 Å². The Labute approximate surface area is 96.5 Å². The normalized spacial score (nSPS) is 30.2. The summed E-state index contributed by atoms with van der Waals surface area (Å²) >= 11 is 3.84. The van der Waals surface area contributed by atoms with Crippen LogP contribution in [0.15, 0.2) is 0 Å². The van der Waals surface area contributed by atoms with Crippen molar-refractivity contribution < 1.29 is 13.7 Å². The fourth-order valence-electron chi connectivity index (χ4n) is 1.20. The Hall–Kier alpha value is 0.940. The van der Waals surface area contributed by atoms with Gasteiger partial charge in [-0.3, -0.25) is 4.79 Å². The lowest BCUT2D eigenvalue weighted by atomic mass is 10.1. The molecular formula is C7H12IO3PS. The van der Waals surface area contributed by atoms with Crippen molar-refractivity contribution in [2.45, 2.75) is 19.4 Å². The molecule has 1 heterocycles. The highest BCUT2D eigenvalue weighted by Gasteiger charge is 2.32. The number of carbonyl (C=O) groups excluding carboxylic acids is 1. The Morgan fingerprint density at radius 3 is 3.00 bits per heavy atom. The molecule has 0 N–H and O–H groups in total. The summed E-state index contributed by atoms with van der Waals surface area (Å²) < 4.78 is 9.92. The van der Waals surface area contributed by atoms with Crippen LogP contribution in [0.5, 0.6) is 0 Å². The van der Waals surface area contributed by atoms with E-state index in [1.165, 1.54) is 11.7 Å². The Morgan fingerprint density at radius 2 is 2.54 bits per heavy atom. The third-order valence-corrected chi connectivity index (χ3v) is 6.82. The van der Waals surface area contributed by atoms with Gasteiger partial charge in [-0.25, -0.2) is 0 Å². The molecule has 0 aromatic rings. The molecule has 13 heavy (non-hydrogen) atoms. The summed E-state index contributed by atoms with van der Waals surface area (Å²) in [5.41, 5.74) is 0. The van der Waals surface area contributed by atoms with E-state index in [4.69, 9.17) is 8.92 Å². The molecule has 76 valence electrons. The highest BCUT2D eigenvalue weighted by molar-refractivity contribution is 14.2. The van der Waals surface area contributed by atoms with E-state index >= 15 is 0 Å². The fourth-order valence-corrected chi connectivity index (χ4v) is 5.90. The number of ether oxygens (including phenoxy) is 1. The summed E-state index contributed by atoms with van der Waals surface area (Å²) in [6.07, 6.45) is 1.92. The highest BCUT2D eigenvalue weighted by atomic mass is 127. The van der Waals surface area contributed by atoms with Gasteiger partial charge in [-0.1, -0.05) is 6.92 Å². The quantitative estimate of drug-likeness (QED) is 0.343. The van der Waals surface area contributed by atoms with Crippen LogP contribution in [0.25, 0.3) is 0 Å². The van der Waals surface area contributed by atoms with E-state index in [2.05, 4.69) is 22.0 Å². The molecule has 0 radical (unpaired) electrons. The standard InChI is InChI=1S/C7H12IO3PS/c1-5-3-6(11-7(5)9)4-12(8)13-10-2/h5-6H,3-4H2,1-2H3. The minimum atomic E-state index is -0.243. The smallest absolute Gasteiger partial charge is 0.309 e. The van der Waals surface area contributed by atoms with Crippen LogP contribution in [0.2, 0.25) is 0 Å². The lowest BCUT2D eigenvalue weighted by Crippen LogP contribution is -2.09. The summed E-state index contributed by atoms with van der Waals surface area (Å²) in [5.74, 6) is 0.0320. The van der Waals surface area contributed by atoms with Crippen LogP contribution < -0.4 is 0 Å². The zero-order chi connectivity index (χ0) is 9.84. The first-order valence-electron chi connectivity index (χ1n) is 3.98. The maximum atomic E-state index is 11.1. The van der Waals surface area contributed by atoms with E-state index in [9.17, 15) is 4.79 Å². The number of halogens is 1. The molecule has 1 rings (SSSR count). The summed E-state index contributed by atoms with van der Waals surface area (Å²) in [6.45, 7) is 1.92. The first-order chi connectivity index (χ1) is 6.13. The zero-order valence-corrected chi connectivity index (χ0v) is 11.4. The van der Waals surface area contributed by atoms with E-state index < -0.39 is 0 Å². The third kappa shape index (κ3) is 3.90. The molecule has 1 fully saturated rings. The van der Waals surface area contributed by atoms with Gasteiger partial charge in [0.15, 0.2) is 0 Å². The average molecular weight is 334 g/mol. The van der Waals surface area contributed by atoms with Crippen molar-refractivity contribution in [3.8, 4) is 0 Å². The summed E-state index contributed by atoms with van der Waals surface area (Å²) in [6, 6.07) is 0. The predicted molar refractivity (Wildman–Crippen MR) is 64.1 cm³/mol. The van der Waals surface area contributed by atoms with Gasteiger partial charge in [0.05, 0.1) is 17.8 Å². The van der Waals surface area contributed by atoms with Crippen LogP contribution in [0, 0.1) is 5.92 Å². The predicted octanol–water partition coefficient (Wildman–Crippen LogP) is 2.98. The fraction of sp³-hybridized carbons (Fsp3) is 0.857. The number of carbonyl (C=O) groups is 1. The SMILES string of the molecule is COSP(I)CC1CC(C)C(=O)O1. The molecule has 0 aromatic carbocycles.